The standard InChI is InChI=1S/C21H15NO5/c1-10-8-11(2)15(12(3)9-10)18(23)16-17-21(26)27-14-7-5-4-6-13(14)22(17)20(25)19(16)24/h4-9H,1-3H3. The van der Waals surface area contributed by atoms with Gasteiger partial charge in [0, 0.05) is 5.56 Å². The molecule has 4 rings (SSSR count). The zero-order valence-corrected chi connectivity index (χ0v) is 15.0. The van der Waals surface area contributed by atoms with Crippen molar-refractivity contribution in [3.63, 3.8) is 0 Å². The number of Topliss-reactive ketones (excluding diaryl/α,β-unsaturated/α-hetero) is 2. The molecule has 0 saturated heterocycles. The predicted octanol–water partition coefficient (Wildman–Crippen LogP) is 2.58. The lowest BCUT2D eigenvalue weighted by atomic mass is 9.91. The van der Waals surface area contributed by atoms with Crippen LogP contribution < -0.4 is 9.64 Å². The van der Waals surface area contributed by atoms with Crippen LogP contribution >= 0.6 is 0 Å². The third-order valence-corrected chi connectivity index (χ3v) is 4.72. The van der Waals surface area contributed by atoms with E-state index in [2.05, 4.69) is 0 Å². The highest BCUT2D eigenvalue weighted by atomic mass is 16.5. The first-order valence-corrected chi connectivity index (χ1v) is 8.38. The number of hydrogen-bond donors (Lipinski definition) is 0. The number of fused-ring (bicyclic) bond motifs is 3. The van der Waals surface area contributed by atoms with E-state index in [0.717, 1.165) is 10.5 Å². The number of ketones is 2. The van der Waals surface area contributed by atoms with Gasteiger partial charge in [0.05, 0.1) is 5.69 Å². The molecule has 0 bridgehead atoms. The second-order valence-corrected chi connectivity index (χ2v) is 6.65. The van der Waals surface area contributed by atoms with E-state index < -0.39 is 29.0 Å². The van der Waals surface area contributed by atoms with Crippen molar-refractivity contribution in [3.05, 3.63) is 69.9 Å². The fourth-order valence-electron chi connectivity index (χ4n) is 3.70. The highest BCUT2D eigenvalue weighted by Crippen LogP contribution is 2.41. The quantitative estimate of drug-likeness (QED) is 0.270. The van der Waals surface area contributed by atoms with E-state index >= 15 is 0 Å². The number of hydrogen-bond acceptors (Lipinski definition) is 5. The van der Waals surface area contributed by atoms with Gasteiger partial charge < -0.3 is 4.74 Å². The van der Waals surface area contributed by atoms with Crippen molar-refractivity contribution in [3.8, 4) is 5.75 Å². The lowest BCUT2D eigenvalue weighted by Crippen LogP contribution is -2.36. The Hall–Kier alpha value is -3.54. The van der Waals surface area contributed by atoms with Crippen LogP contribution in [0.3, 0.4) is 0 Å². The zero-order valence-electron chi connectivity index (χ0n) is 15.0. The van der Waals surface area contributed by atoms with E-state index in [1.165, 1.54) is 6.07 Å². The summed E-state index contributed by atoms with van der Waals surface area (Å²) in [4.78, 5) is 52.0. The number of carbonyl (C=O) groups excluding carboxylic acids is 4. The molecule has 0 spiro atoms. The van der Waals surface area contributed by atoms with Gasteiger partial charge >= 0.3 is 11.9 Å². The van der Waals surface area contributed by atoms with Crippen molar-refractivity contribution in [1.29, 1.82) is 0 Å². The van der Waals surface area contributed by atoms with Gasteiger partial charge in [0.1, 0.15) is 5.57 Å². The lowest BCUT2D eigenvalue weighted by molar-refractivity contribution is -0.133. The summed E-state index contributed by atoms with van der Waals surface area (Å²) < 4.78 is 5.24. The summed E-state index contributed by atoms with van der Waals surface area (Å²) in [6, 6.07) is 10.0. The SMILES string of the molecule is Cc1cc(C)c(C(=O)C2=C3C(=O)Oc4ccccc4N3C(=O)C2=O)c(C)c1. The number of anilines is 1. The molecule has 0 atom stereocenters. The van der Waals surface area contributed by atoms with Gasteiger partial charge in [0.2, 0.25) is 0 Å². The van der Waals surface area contributed by atoms with Gasteiger partial charge in [-0.1, -0.05) is 29.8 Å². The first kappa shape index (κ1) is 16.9. The second-order valence-electron chi connectivity index (χ2n) is 6.65. The van der Waals surface area contributed by atoms with E-state index in [1.807, 2.05) is 19.1 Å². The summed E-state index contributed by atoms with van der Waals surface area (Å²) in [6.45, 7) is 5.41. The summed E-state index contributed by atoms with van der Waals surface area (Å²) in [5.41, 5.74) is 2.16. The number of nitrogens with zero attached hydrogens (tertiary/aromatic N) is 1. The van der Waals surface area contributed by atoms with Gasteiger partial charge in [-0.2, -0.15) is 0 Å². The van der Waals surface area contributed by atoms with E-state index in [0.29, 0.717) is 16.7 Å². The molecule has 0 N–H and O–H groups in total. The van der Waals surface area contributed by atoms with Crippen LogP contribution in [0.5, 0.6) is 5.75 Å². The fourth-order valence-corrected chi connectivity index (χ4v) is 3.70. The van der Waals surface area contributed by atoms with Crippen LogP contribution in [0.25, 0.3) is 0 Å². The summed E-state index contributed by atoms with van der Waals surface area (Å²) >= 11 is 0. The minimum atomic E-state index is -0.997. The molecule has 0 aliphatic carbocycles. The molecule has 0 unspecified atom stereocenters. The Labute approximate surface area is 155 Å². The maximum absolute atomic E-state index is 13.2. The molecule has 0 saturated carbocycles. The largest absolute Gasteiger partial charge is 0.420 e. The average Bonchev–Trinajstić information content (AvgIpc) is 2.86. The van der Waals surface area contributed by atoms with Crippen LogP contribution in [0.2, 0.25) is 0 Å². The average molecular weight is 361 g/mol. The number of carbonyl (C=O) groups is 4. The molecule has 2 aromatic rings. The highest BCUT2D eigenvalue weighted by Gasteiger charge is 2.49. The van der Waals surface area contributed by atoms with Gasteiger partial charge in [-0.25, -0.2) is 4.79 Å². The number of para-hydroxylation sites is 2. The van der Waals surface area contributed by atoms with Crippen molar-refractivity contribution < 1.29 is 23.9 Å². The molecular weight excluding hydrogens is 346 g/mol. The second kappa shape index (κ2) is 5.74. The summed E-state index contributed by atoms with van der Waals surface area (Å²) in [5.74, 6) is -3.29. The summed E-state index contributed by atoms with van der Waals surface area (Å²) in [6.07, 6.45) is 0. The number of aryl methyl sites for hydroxylation is 3. The van der Waals surface area contributed by atoms with Crippen LogP contribution in [-0.4, -0.2) is 23.4 Å². The maximum Gasteiger partial charge on any atom is 0.361 e. The van der Waals surface area contributed by atoms with Crippen LogP contribution in [0.4, 0.5) is 5.69 Å². The smallest absolute Gasteiger partial charge is 0.361 e. The predicted molar refractivity (Wildman–Crippen MR) is 96.6 cm³/mol. The third-order valence-electron chi connectivity index (χ3n) is 4.72. The van der Waals surface area contributed by atoms with Crippen molar-refractivity contribution in [2.75, 3.05) is 4.90 Å². The minimum absolute atomic E-state index is 0.170. The Bertz CT molecular complexity index is 1090. The van der Waals surface area contributed by atoms with E-state index in [9.17, 15) is 19.2 Å². The normalized spacial score (nSPS) is 15.7. The molecule has 0 radical (unpaired) electrons. The maximum atomic E-state index is 13.2. The number of benzene rings is 2. The Kier molecular flexibility index (Phi) is 3.59. The van der Waals surface area contributed by atoms with E-state index in [-0.39, 0.29) is 17.1 Å². The highest BCUT2D eigenvalue weighted by molar-refractivity contribution is 6.59. The Morgan fingerprint density at radius 2 is 1.59 bits per heavy atom. The number of ether oxygens (including phenoxy) is 1. The van der Waals surface area contributed by atoms with Gasteiger partial charge in [0.25, 0.3) is 5.78 Å². The van der Waals surface area contributed by atoms with Crippen molar-refractivity contribution in [2.24, 2.45) is 0 Å². The van der Waals surface area contributed by atoms with E-state index in [1.54, 1.807) is 32.0 Å². The molecule has 2 heterocycles. The van der Waals surface area contributed by atoms with Gasteiger partial charge in [-0.3, -0.25) is 19.3 Å². The molecule has 2 aliphatic heterocycles. The Balaban J connectivity index is 1.95. The fraction of sp³-hybridized carbons (Fsp3) is 0.143. The Morgan fingerprint density at radius 3 is 2.26 bits per heavy atom. The molecule has 6 nitrogen and oxygen atoms in total. The van der Waals surface area contributed by atoms with Gasteiger partial charge in [-0.05, 0) is 44.0 Å². The van der Waals surface area contributed by atoms with Crippen LogP contribution in [0, 0.1) is 20.8 Å². The van der Waals surface area contributed by atoms with Crippen LogP contribution in [0.1, 0.15) is 27.0 Å². The van der Waals surface area contributed by atoms with Crippen LogP contribution in [-0.2, 0) is 14.4 Å². The van der Waals surface area contributed by atoms with Gasteiger partial charge in [-0.15, -0.1) is 0 Å². The molecule has 6 heteroatoms. The molecule has 134 valence electrons. The molecule has 0 aromatic heterocycles. The first-order valence-electron chi connectivity index (χ1n) is 8.38. The monoisotopic (exact) mass is 361 g/mol. The van der Waals surface area contributed by atoms with Crippen molar-refractivity contribution in [1.82, 2.24) is 0 Å². The van der Waals surface area contributed by atoms with Crippen LogP contribution in [0.15, 0.2) is 47.7 Å². The molecule has 27 heavy (non-hydrogen) atoms. The van der Waals surface area contributed by atoms with E-state index in [4.69, 9.17) is 4.74 Å². The minimum Gasteiger partial charge on any atom is -0.420 e. The lowest BCUT2D eigenvalue weighted by Gasteiger charge is -2.25. The molecule has 0 fully saturated rings. The summed E-state index contributed by atoms with van der Waals surface area (Å²) in [5, 5.41) is 0. The third kappa shape index (κ3) is 2.33. The summed E-state index contributed by atoms with van der Waals surface area (Å²) in [7, 11) is 0. The molecule has 1 amide bonds. The first-order chi connectivity index (χ1) is 12.8. The van der Waals surface area contributed by atoms with Gasteiger partial charge in [0.15, 0.2) is 17.2 Å². The molecule has 2 aliphatic rings. The topological polar surface area (TPSA) is 80.8 Å². The van der Waals surface area contributed by atoms with Crippen molar-refractivity contribution in [2.45, 2.75) is 20.8 Å². The number of rotatable bonds is 2. The number of amides is 1. The zero-order chi connectivity index (χ0) is 19.5. The van der Waals surface area contributed by atoms with Crippen molar-refractivity contribution >= 4 is 29.1 Å². The molecule has 2 aromatic carbocycles. The molecular formula is C21H15NO5. The Morgan fingerprint density at radius 1 is 0.963 bits per heavy atom. The number of esters is 1.